The molecule has 2 N–H and O–H groups in total. The first-order valence-electron chi connectivity index (χ1n) is 9.45. The third-order valence-corrected chi connectivity index (χ3v) is 4.93. The number of hydrogen-bond donors (Lipinski definition) is 2. The lowest BCUT2D eigenvalue weighted by Gasteiger charge is -2.07. The summed E-state index contributed by atoms with van der Waals surface area (Å²) in [6, 6.07) is 13.2. The van der Waals surface area contributed by atoms with Gasteiger partial charge in [-0.25, -0.2) is 19.4 Å². The van der Waals surface area contributed by atoms with Crippen LogP contribution in [0.3, 0.4) is 0 Å². The predicted octanol–water partition coefficient (Wildman–Crippen LogP) is 2.40. The SMILES string of the molecule is COc1ncccc1-c1cnc2cc(C(=O)NCc3c[n+]4ccccc4[nH]3)ccn12. The van der Waals surface area contributed by atoms with E-state index < -0.39 is 0 Å². The smallest absolute Gasteiger partial charge is 0.284 e. The number of hydrogen-bond acceptors (Lipinski definition) is 4. The molecule has 0 saturated heterocycles. The van der Waals surface area contributed by atoms with Crippen LogP contribution in [-0.2, 0) is 6.54 Å². The van der Waals surface area contributed by atoms with E-state index in [1.54, 1.807) is 31.6 Å². The van der Waals surface area contributed by atoms with Crippen molar-refractivity contribution in [3.05, 3.63) is 84.7 Å². The standard InChI is InChI=1S/C22H18N6O2/c1-30-22-17(5-4-8-23-22)18-13-24-20-11-15(7-10-28(18)20)21(29)25-12-16-14-27-9-3-2-6-19(27)26-16/h2-11,13-14H,12H2,1H3,(H,25,29)/p+1. The Balaban J connectivity index is 1.38. The maximum absolute atomic E-state index is 12.7. The van der Waals surface area contributed by atoms with E-state index >= 15 is 0 Å². The molecule has 148 valence electrons. The molecule has 5 aromatic heterocycles. The van der Waals surface area contributed by atoms with Gasteiger partial charge >= 0.3 is 0 Å². The van der Waals surface area contributed by atoms with Gasteiger partial charge in [-0.15, -0.1) is 0 Å². The van der Waals surface area contributed by atoms with Crippen LogP contribution < -0.4 is 14.5 Å². The van der Waals surface area contributed by atoms with Gasteiger partial charge in [0, 0.05) is 24.0 Å². The molecule has 8 nitrogen and oxygen atoms in total. The normalized spacial score (nSPS) is 11.1. The molecule has 5 heterocycles. The average molecular weight is 399 g/mol. The molecule has 5 rings (SSSR count). The number of methoxy groups -OCH3 is 1. The van der Waals surface area contributed by atoms with E-state index in [-0.39, 0.29) is 5.91 Å². The Kier molecular flexibility index (Phi) is 4.36. The number of carbonyl (C=O) groups is 1. The van der Waals surface area contributed by atoms with Crippen LogP contribution >= 0.6 is 0 Å². The highest BCUT2D eigenvalue weighted by molar-refractivity contribution is 5.95. The van der Waals surface area contributed by atoms with Gasteiger partial charge in [0.15, 0.2) is 5.69 Å². The number of pyridine rings is 3. The zero-order valence-electron chi connectivity index (χ0n) is 16.2. The Labute approximate surface area is 171 Å². The van der Waals surface area contributed by atoms with Gasteiger partial charge in [-0.05, 0) is 30.3 Å². The molecular formula is C22H19N6O2+. The van der Waals surface area contributed by atoms with Gasteiger partial charge in [0.2, 0.25) is 5.88 Å². The highest BCUT2D eigenvalue weighted by Crippen LogP contribution is 2.28. The molecule has 0 saturated carbocycles. The van der Waals surface area contributed by atoms with E-state index in [9.17, 15) is 4.79 Å². The van der Waals surface area contributed by atoms with E-state index in [0.717, 1.165) is 22.6 Å². The molecule has 8 heteroatoms. The highest BCUT2D eigenvalue weighted by atomic mass is 16.5. The van der Waals surface area contributed by atoms with Gasteiger partial charge in [0.1, 0.15) is 11.8 Å². The Bertz CT molecular complexity index is 1340. The number of H-pyrrole nitrogens is 1. The molecule has 1 amide bonds. The van der Waals surface area contributed by atoms with Crippen LogP contribution in [-0.4, -0.2) is 32.4 Å². The fourth-order valence-electron chi connectivity index (χ4n) is 3.48. The molecule has 0 radical (unpaired) electrons. The third kappa shape index (κ3) is 3.14. The number of fused-ring (bicyclic) bond motifs is 2. The van der Waals surface area contributed by atoms with Crippen LogP contribution in [0.5, 0.6) is 5.88 Å². The van der Waals surface area contributed by atoms with Gasteiger partial charge < -0.3 is 10.1 Å². The summed E-state index contributed by atoms with van der Waals surface area (Å²) in [7, 11) is 1.59. The van der Waals surface area contributed by atoms with Crippen molar-refractivity contribution in [1.82, 2.24) is 24.7 Å². The van der Waals surface area contributed by atoms with Gasteiger partial charge in [-0.1, -0.05) is 6.07 Å². The van der Waals surface area contributed by atoms with Crippen molar-refractivity contribution in [2.24, 2.45) is 0 Å². The summed E-state index contributed by atoms with van der Waals surface area (Å²) in [5, 5.41) is 2.95. The molecule has 0 spiro atoms. The summed E-state index contributed by atoms with van der Waals surface area (Å²) < 4.78 is 9.24. The van der Waals surface area contributed by atoms with Crippen molar-refractivity contribution >= 4 is 17.2 Å². The molecule has 0 fully saturated rings. The quantitative estimate of drug-likeness (QED) is 0.444. The number of aromatic nitrogens is 5. The fraction of sp³-hybridized carbons (Fsp3) is 0.0909. The molecular weight excluding hydrogens is 380 g/mol. The second-order valence-corrected chi connectivity index (χ2v) is 6.80. The second kappa shape index (κ2) is 7.32. The minimum absolute atomic E-state index is 0.162. The Hall–Kier alpha value is -4.20. The molecule has 0 bridgehead atoms. The van der Waals surface area contributed by atoms with E-state index in [2.05, 4.69) is 20.3 Å². The van der Waals surface area contributed by atoms with Gasteiger partial charge in [0.05, 0.1) is 37.3 Å². The van der Waals surface area contributed by atoms with Crippen LogP contribution in [0.1, 0.15) is 16.1 Å². The molecule has 30 heavy (non-hydrogen) atoms. The lowest BCUT2D eigenvalue weighted by molar-refractivity contribution is -0.510. The van der Waals surface area contributed by atoms with Crippen LogP contribution in [0.2, 0.25) is 0 Å². The third-order valence-electron chi connectivity index (χ3n) is 4.93. The van der Waals surface area contributed by atoms with Gasteiger partial charge in [-0.2, -0.15) is 0 Å². The van der Waals surface area contributed by atoms with E-state index in [1.807, 2.05) is 57.7 Å². The average Bonchev–Trinajstić information content (AvgIpc) is 3.40. The number of nitrogens with zero attached hydrogens (tertiary/aromatic N) is 4. The van der Waals surface area contributed by atoms with Gasteiger partial charge in [-0.3, -0.25) is 9.20 Å². The summed E-state index contributed by atoms with van der Waals surface area (Å²) in [6.45, 7) is 0.401. The van der Waals surface area contributed by atoms with Gasteiger partial charge in [0.25, 0.3) is 11.6 Å². The topological polar surface area (TPSA) is 88.4 Å². The van der Waals surface area contributed by atoms with Crippen molar-refractivity contribution in [3.63, 3.8) is 0 Å². The summed E-state index contributed by atoms with van der Waals surface area (Å²) >= 11 is 0. The predicted molar refractivity (Wildman–Crippen MR) is 110 cm³/mol. The van der Waals surface area contributed by atoms with Crippen molar-refractivity contribution in [2.75, 3.05) is 7.11 Å². The maximum Gasteiger partial charge on any atom is 0.284 e. The van der Waals surface area contributed by atoms with Crippen molar-refractivity contribution in [3.8, 4) is 17.1 Å². The minimum Gasteiger partial charge on any atom is -0.481 e. The van der Waals surface area contributed by atoms with E-state index in [4.69, 9.17) is 4.74 Å². The fourth-order valence-corrected chi connectivity index (χ4v) is 3.48. The largest absolute Gasteiger partial charge is 0.481 e. The Morgan fingerprint density at radius 1 is 1.23 bits per heavy atom. The Morgan fingerprint density at radius 3 is 3.03 bits per heavy atom. The monoisotopic (exact) mass is 399 g/mol. The first-order chi connectivity index (χ1) is 14.7. The number of carbonyl (C=O) groups excluding carboxylic acids is 1. The molecule has 0 aromatic carbocycles. The van der Waals surface area contributed by atoms with Crippen molar-refractivity contribution in [2.45, 2.75) is 6.54 Å². The molecule has 0 aliphatic rings. The number of rotatable bonds is 5. The maximum atomic E-state index is 12.7. The first kappa shape index (κ1) is 17.9. The zero-order valence-corrected chi connectivity index (χ0v) is 16.2. The van der Waals surface area contributed by atoms with E-state index in [1.165, 1.54) is 0 Å². The number of nitrogens with one attached hydrogen (secondary N) is 2. The van der Waals surface area contributed by atoms with Crippen LogP contribution in [0.15, 0.2) is 73.4 Å². The van der Waals surface area contributed by atoms with Crippen molar-refractivity contribution < 1.29 is 13.9 Å². The minimum atomic E-state index is -0.162. The number of aromatic amines is 1. The first-order valence-corrected chi connectivity index (χ1v) is 9.45. The van der Waals surface area contributed by atoms with E-state index in [0.29, 0.717) is 23.6 Å². The molecule has 0 atom stereocenters. The summed E-state index contributed by atoms with van der Waals surface area (Å²) in [5.74, 6) is 0.363. The zero-order chi connectivity index (χ0) is 20.5. The molecule has 0 aliphatic carbocycles. The number of amides is 1. The number of imidazole rings is 2. The second-order valence-electron chi connectivity index (χ2n) is 6.80. The Morgan fingerprint density at radius 2 is 2.17 bits per heavy atom. The van der Waals surface area contributed by atoms with Crippen LogP contribution in [0.4, 0.5) is 0 Å². The highest BCUT2D eigenvalue weighted by Gasteiger charge is 2.15. The van der Waals surface area contributed by atoms with Crippen LogP contribution in [0, 0.1) is 0 Å². The van der Waals surface area contributed by atoms with Crippen LogP contribution in [0.25, 0.3) is 22.6 Å². The lowest BCUT2D eigenvalue weighted by Crippen LogP contribution is -2.23. The van der Waals surface area contributed by atoms with Crippen molar-refractivity contribution in [1.29, 1.82) is 0 Å². The summed E-state index contributed by atoms with van der Waals surface area (Å²) in [4.78, 5) is 24.6. The summed E-state index contributed by atoms with van der Waals surface area (Å²) in [6.07, 6.45) is 9.18. The molecule has 0 unspecified atom stereocenters. The molecule has 0 aliphatic heterocycles. The number of ether oxygens (including phenoxy) is 1. The molecule has 5 aromatic rings. The lowest BCUT2D eigenvalue weighted by atomic mass is 10.2. The summed E-state index contributed by atoms with van der Waals surface area (Å²) in [5.41, 5.74) is 4.78.